The second-order valence-electron chi connectivity index (χ2n) is 25.0. The Balaban J connectivity index is 0.000000143. The van der Waals surface area contributed by atoms with Gasteiger partial charge in [-0.2, -0.15) is 0 Å². The monoisotopic (exact) mass is 1100 g/mol. The van der Waals surface area contributed by atoms with Gasteiger partial charge in [-0.3, -0.25) is 9.88 Å². The summed E-state index contributed by atoms with van der Waals surface area (Å²) in [6.45, 7) is 25.1. The van der Waals surface area contributed by atoms with E-state index in [4.69, 9.17) is 4.98 Å². The Morgan fingerprint density at radius 2 is 1.05 bits per heavy atom. The highest BCUT2D eigenvalue weighted by Gasteiger charge is 2.52. The first-order valence-corrected chi connectivity index (χ1v) is 32.3. The van der Waals surface area contributed by atoms with Crippen molar-refractivity contribution in [3.63, 3.8) is 0 Å². The van der Waals surface area contributed by atoms with Crippen molar-refractivity contribution in [3.8, 4) is 0 Å². The molecule has 5 aromatic rings. The van der Waals surface area contributed by atoms with Gasteiger partial charge in [-0.15, -0.1) is 0 Å². The predicted molar refractivity (Wildman–Crippen MR) is 341 cm³/mol. The molecule has 13 rings (SSSR count). The van der Waals surface area contributed by atoms with Crippen molar-refractivity contribution in [2.45, 2.75) is 146 Å². The van der Waals surface area contributed by atoms with Crippen molar-refractivity contribution in [2.24, 2.45) is 17.8 Å². The van der Waals surface area contributed by atoms with E-state index in [1.807, 2.05) is 40.0 Å². The van der Waals surface area contributed by atoms with Crippen molar-refractivity contribution in [3.05, 3.63) is 184 Å². The van der Waals surface area contributed by atoms with E-state index in [-0.39, 0.29) is 10.8 Å². The molecule has 0 saturated carbocycles. The van der Waals surface area contributed by atoms with Crippen LogP contribution in [0.3, 0.4) is 0 Å². The molecule has 8 aliphatic rings. The van der Waals surface area contributed by atoms with Gasteiger partial charge in [0.25, 0.3) is 0 Å². The van der Waals surface area contributed by atoms with Crippen LogP contribution in [0.25, 0.3) is 0 Å². The second-order valence-corrected chi connectivity index (χ2v) is 25.0. The number of aromatic nitrogens is 1. The smallest absolute Gasteiger partial charge is 0.0531 e. The van der Waals surface area contributed by atoms with Gasteiger partial charge in [0.1, 0.15) is 0 Å². The molecule has 5 atom stereocenters. The maximum atomic E-state index is 4.88. The minimum Gasteiger partial charge on any atom is -0.313 e. The van der Waals surface area contributed by atoms with Gasteiger partial charge in [-0.1, -0.05) is 155 Å². The fraction of sp³-hybridized carbons (Fsp3) is 0.569. The van der Waals surface area contributed by atoms with Crippen LogP contribution in [-0.2, 0) is 42.4 Å². The highest BCUT2D eigenvalue weighted by molar-refractivity contribution is 5.46. The normalized spacial score (nSPS) is 27.9. The Morgan fingerprint density at radius 1 is 0.506 bits per heavy atom. The number of hydrogen-bond acceptors (Lipinski definition) is 9. The van der Waals surface area contributed by atoms with Gasteiger partial charge < -0.3 is 35.6 Å². The Kier molecular flexibility index (Phi) is 22.1. The number of benzene rings is 4. The van der Waals surface area contributed by atoms with Gasteiger partial charge in [-0.05, 0) is 207 Å². The van der Waals surface area contributed by atoms with Gasteiger partial charge in [0.05, 0.1) is 11.1 Å². The molecule has 5 unspecified atom stereocenters. The lowest BCUT2D eigenvalue weighted by Gasteiger charge is -2.55. The SMILES string of the molecule is CC.CC.CN1CCC(C2(C3C=CCCN3)CN(C)Cc3ccccc32)CC1.CN1CCC(C2(C3CCCCN3)CN(C)Cc3ccccc32)CC1.c1ccc(CN2CCC(C3(c4ccccn4)CNCc4ccccc43)CC2)cc1. The summed E-state index contributed by atoms with van der Waals surface area (Å²) >= 11 is 0. The van der Waals surface area contributed by atoms with E-state index in [1.54, 1.807) is 16.7 Å². The van der Waals surface area contributed by atoms with Crippen LogP contribution in [0.5, 0.6) is 0 Å². The summed E-state index contributed by atoms with van der Waals surface area (Å²) in [7, 11) is 9.17. The lowest BCUT2D eigenvalue weighted by molar-refractivity contribution is 0.0575. The molecular formula is C72H105N9. The molecule has 438 valence electrons. The van der Waals surface area contributed by atoms with Gasteiger partial charge in [0, 0.05) is 74.9 Å². The lowest BCUT2D eigenvalue weighted by Crippen LogP contribution is -2.62. The fourth-order valence-electron chi connectivity index (χ4n) is 16.6. The summed E-state index contributed by atoms with van der Waals surface area (Å²) in [6.07, 6.45) is 19.8. The van der Waals surface area contributed by atoms with E-state index in [0.29, 0.717) is 23.4 Å². The summed E-state index contributed by atoms with van der Waals surface area (Å²) in [5.41, 5.74) is 12.4. The quantitative estimate of drug-likeness (QED) is 0.132. The van der Waals surface area contributed by atoms with Crippen LogP contribution in [0.2, 0.25) is 0 Å². The maximum absolute atomic E-state index is 4.88. The van der Waals surface area contributed by atoms with Crippen molar-refractivity contribution in [1.82, 2.24) is 45.4 Å². The highest BCUT2D eigenvalue weighted by Crippen LogP contribution is 2.50. The number of likely N-dealkylation sites (tertiary alicyclic amines) is 3. The maximum Gasteiger partial charge on any atom is 0.0531 e. The molecule has 0 bridgehead atoms. The Hall–Kier alpha value is -4.55. The molecule has 9 nitrogen and oxygen atoms in total. The third-order valence-corrected chi connectivity index (χ3v) is 20.2. The van der Waals surface area contributed by atoms with Crippen LogP contribution in [0.4, 0.5) is 0 Å². The van der Waals surface area contributed by atoms with Crippen LogP contribution in [0.1, 0.15) is 137 Å². The predicted octanol–water partition coefficient (Wildman–Crippen LogP) is 11.9. The Morgan fingerprint density at radius 3 is 1.63 bits per heavy atom. The highest BCUT2D eigenvalue weighted by atomic mass is 15.2. The number of hydrogen-bond donors (Lipinski definition) is 3. The van der Waals surface area contributed by atoms with Crippen molar-refractivity contribution in [1.29, 1.82) is 0 Å². The fourth-order valence-corrected chi connectivity index (χ4v) is 16.6. The average Bonchev–Trinajstić information content (AvgIpc) is 3.44. The molecule has 9 heterocycles. The number of rotatable bonds is 8. The summed E-state index contributed by atoms with van der Waals surface area (Å²) in [6, 6.07) is 45.9. The molecule has 4 aromatic carbocycles. The van der Waals surface area contributed by atoms with Gasteiger partial charge in [0.15, 0.2) is 0 Å². The van der Waals surface area contributed by atoms with Crippen LogP contribution in [0, 0.1) is 17.8 Å². The zero-order valence-electron chi connectivity index (χ0n) is 51.5. The molecule has 4 fully saturated rings. The van der Waals surface area contributed by atoms with E-state index < -0.39 is 0 Å². The van der Waals surface area contributed by atoms with Crippen molar-refractivity contribution in [2.75, 3.05) is 100 Å². The van der Waals surface area contributed by atoms with Gasteiger partial charge in [0.2, 0.25) is 0 Å². The number of nitrogens with zero attached hydrogens (tertiary/aromatic N) is 6. The average molecular weight is 1100 g/mol. The largest absolute Gasteiger partial charge is 0.313 e. The molecule has 0 aliphatic carbocycles. The third kappa shape index (κ3) is 13.5. The molecular weight excluding hydrogens is 991 g/mol. The first-order valence-electron chi connectivity index (χ1n) is 32.3. The van der Waals surface area contributed by atoms with Gasteiger partial charge >= 0.3 is 0 Å². The molecule has 0 amide bonds. The molecule has 0 radical (unpaired) electrons. The van der Waals surface area contributed by atoms with Crippen molar-refractivity contribution >= 4 is 0 Å². The van der Waals surface area contributed by atoms with E-state index in [0.717, 1.165) is 70.6 Å². The standard InChI is InChI=1S/C26H29N3.C21H33N3.C21H31N3.2C2H6/c1-2-8-21(9-3-1)19-29-16-13-23(14-17-29)26(25-12-6-7-15-28-25)20-27-18-22-10-4-5-11-24(22)26;2*1-23-13-10-18(11-14-23)21(20-9-5-6-12-22-20)16-24(2)15-17-7-3-4-8-19(17)21;2*1-2/h1-12,15,23,27H,13-14,16-20H2;3-4,7-8,18,20,22H,5-6,9-16H2,1-2H3;3-5,7-9,18,20,22H,6,10-16H2,1-2H3;2*1-2H3. The first kappa shape index (κ1) is 61.0. The summed E-state index contributed by atoms with van der Waals surface area (Å²) < 4.78 is 0. The molecule has 8 aliphatic heterocycles. The third-order valence-electron chi connectivity index (χ3n) is 20.2. The number of piperidine rings is 4. The van der Waals surface area contributed by atoms with Crippen LogP contribution in [-0.4, -0.2) is 142 Å². The van der Waals surface area contributed by atoms with Gasteiger partial charge in [-0.25, -0.2) is 0 Å². The minimum atomic E-state index is -0.0328. The number of fused-ring (bicyclic) bond motifs is 3. The topological polar surface area (TPSA) is 65.2 Å². The van der Waals surface area contributed by atoms with Crippen molar-refractivity contribution < 1.29 is 0 Å². The van der Waals surface area contributed by atoms with E-state index in [2.05, 4.69) is 196 Å². The van der Waals surface area contributed by atoms with Crippen LogP contribution >= 0.6 is 0 Å². The molecule has 81 heavy (non-hydrogen) atoms. The lowest BCUT2D eigenvalue weighted by atomic mass is 9.58. The number of nitrogens with one attached hydrogen (secondary N) is 3. The summed E-state index contributed by atoms with van der Waals surface area (Å²) in [4.78, 5) is 17.6. The molecule has 1 aromatic heterocycles. The minimum absolute atomic E-state index is 0.0328. The summed E-state index contributed by atoms with van der Waals surface area (Å²) in [5.74, 6) is 2.14. The Labute approximate surface area is 491 Å². The number of likely N-dealkylation sites (N-methyl/N-ethyl adjacent to an activating group) is 2. The molecule has 3 N–H and O–H groups in total. The zero-order valence-corrected chi connectivity index (χ0v) is 51.5. The first-order chi connectivity index (χ1) is 39.8. The van der Waals surface area contributed by atoms with Crippen LogP contribution in [0.15, 0.2) is 140 Å². The summed E-state index contributed by atoms with van der Waals surface area (Å²) in [5, 5.41) is 11.6. The second kappa shape index (κ2) is 29.3. The van der Waals surface area contributed by atoms with E-state index in [1.165, 1.54) is 132 Å². The Bertz CT molecular complexity index is 2670. The number of pyridine rings is 1. The molecule has 0 spiro atoms. The zero-order chi connectivity index (χ0) is 56.7. The molecule has 4 saturated heterocycles. The van der Waals surface area contributed by atoms with Crippen LogP contribution < -0.4 is 16.0 Å². The van der Waals surface area contributed by atoms with E-state index >= 15 is 0 Å². The molecule has 9 heteroatoms. The van der Waals surface area contributed by atoms with E-state index in [9.17, 15) is 0 Å².